The number of amides is 1. The van der Waals surface area contributed by atoms with Crippen LogP contribution in [0.25, 0.3) is 5.65 Å². The summed E-state index contributed by atoms with van der Waals surface area (Å²) in [5.41, 5.74) is 3.09. The lowest BCUT2D eigenvalue weighted by Gasteiger charge is -2.27. The average Bonchev–Trinajstić information content (AvgIpc) is 3.15. The first-order valence-electron chi connectivity index (χ1n) is 11.7. The normalized spacial score (nSPS) is 14.1. The van der Waals surface area contributed by atoms with Gasteiger partial charge in [0.25, 0.3) is 11.5 Å². The van der Waals surface area contributed by atoms with E-state index in [2.05, 4.69) is 39.7 Å². The van der Waals surface area contributed by atoms with Crippen molar-refractivity contribution >= 4 is 17.2 Å². The number of hydrogen-bond donors (Lipinski definition) is 3. The van der Waals surface area contributed by atoms with Crippen LogP contribution < -0.4 is 16.2 Å². The van der Waals surface area contributed by atoms with E-state index in [-0.39, 0.29) is 18.0 Å². The molecule has 2 aromatic heterocycles. The highest BCUT2D eigenvalue weighted by atomic mass is 16.2. The summed E-state index contributed by atoms with van der Waals surface area (Å²) in [6.07, 6.45) is 10.5. The first kappa shape index (κ1) is 24.5. The van der Waals surface area contributed by atoms with Gasteiger partial charge in [-0.05, 0) is 64.5 Å². The molecule has 8 nitrogen and oxygen atoms in total. The molecule has 4 rings (SSSR count). The van der Waals surface area contributed by atoms with E-state index in [1.807, 2.05) is 26.0 Å². The Balaban J connectivity index is 0.000000286. The van der Waals surface area contributed by atoms with Gasteiger partial charge in [-0.25, -0.2) is 9.50 Å². The zero-order chi connectivity index (χ0) is 23.8. The molecule has 178 valence electrons. The van der Waals surface area contributed by atoms with Crippen LogP contribution in [0.3, 0.4) is 0 Å². The second kappa shape index (κ2) is 11.7. The second-order valence-corrected chi connectivity index (χ2v) is 8.68. The van der Waals surface area contributed by atoms with Crippen molar-refractivity contribution in [3.8, 4) is 0 Å². The van der Waals surface area contributed by atoms with Crippen LogP contribution in [0.1, 0.15) is 60.5 Å². The van der Waals surface area contributed by atoms with Gasteiger partial charge in [-0.3, -0.25) is 14.7 Å². The number of nitrogens with zero attached hydrogens (tertiary/aromatic N) is 3. The predicted octanol–water partition coefficient (Wildman–Crippen LogP) is 3.57. The van der Waals surface area contributed by atoms with E-state index in [4.69, 9.17) is 0 Å². The average molecular weight is 453 g/mol. The minimum absolute atomic E-state index is 0.118. The third-order valence-electron chi connectivity index (χ3n) is 6.19. The molecule has 3 N–H and O–H groups in total. The molecule has 1 amide bonds. The Morgan fingerprint density at radius 3 is 2.64 bits per heavy atom. The molecule has 0 spiro atoms. The van der Waals surface area contributed by atoms with E-state index in [1.54, 1.807) is 29.0 Å². The van der Waals surface area contributed by atoms with E-state index in [9.17, 15) is 9.59 Å². The minimum atomic E-state index is -0.257. The summed E-state index contributed by atoms with van der Waals surface area (Å²) in [7, 11) is 4.38. The maximum Gasteiger partial charge on any atom is 0.271 e. The molecule has 0 unspecified atom stereocenters. The topological polar surface area (TPSA) is 94.5 Å². The van der Waals surface area contributed by atoms with Crippen LogP contribution in [0.2, 0.25) is 0 Å². The first-order valence-corrected chi connectivity index (χ1v) is 11.7. The lowest BCUT2D eigenvalue weighted by Crippen LogP contribution is -2.29. The highest BCUT2D eigenvalue weighted by molar-refractivity contribution is 5.97. The maximum absolute atomic E-state index is 12.5. The molecule has 1 saturated carbocycles. The molecule has 1 aromatic carbocycles. The Morgan fingerprint density at radius 1 is 1.21 bits per heavy atom. The first-order chi connectivity index (χ1) is 15.9. The third-order valence-corrected chi connectivity index (χ3v) is 6.19. The molecule has 2 heterocycles. The number of nitrogens with one attached hydrogen (secondary N) is 3. The van der Waals surface area contributed by atoms with Crippen molar-refractivity contribution in [3.63, 3.8) is 0 Å². The fourth-order valence-corrected chi connectivity index (χ4v) is 4.25. The van der Waals surface area contributed by atoms with Gasteiger partial charge in [-0.1, -0.05) is 25.3 Å². The molecular weight excluding hydrogens is 416 g/mol. The van der Waals surface area contributed by atoms with Crippen LogP contribution in [0, 0.1) is 6.92 Å². The number of H-pyrrole nitrogens is 1. The lowest BCUT2D eigenvalue weighted by atomic mass is 9.95. The van der Waals surface area contributed by atoms with Crippen LogP contribution in [-0.2, 0) is 6.54 Å². The summed E-state index contributed by atoms with van der Waals surface area (Å²) in [6, 6.07) is 8.15. The summed E-state index contributed by atoms with van der Waals surface area (Å²) >= 11 is 0. The van der Waals surface area contributed by atoms with E-state index in [0.29, 0.717) is 16.8 Å². The van der Waals surface area contributed by atoms with Crippen LogP contribution in [-0.4, -0.2) is 52.1 Å². The zero-order valence-electron chi connectivity index (χ0n) is 20.1. The fourth-order valence-electron chi connectivity index (χ4n) is 4.25. The summed E-state index contributed by atoms with van der Waals surface area (Å²) < 4.78 is 1.54. The molecule has 1 aliphatic carbocycles. The lowest BCUT2D eigenvalue weighted by molar-refractivity contribution is 0.0950. The van der Waals surface area contributed by atoms with Gasteiger partial charge in [0.05, 0.1) is 12.1 Å². The van der Waals surface area contributed by atoms with Crippen LogP contribution in [0.5, 0.6) is 0 Å². The van der Waals surface area contributed by atoms with E-state index >= 15 is 0 Å². The molecule has 33 heavy (non-hydrogen) atoms. The van der Waals surface area contributed by atoms with Gasteiger partial charge >= 0.3 is 0 Å². The predicted molar refractivity (Wildman–Crippen MR) is 133 cm³/mol. The number of fused-ring (bicyclic) bond motifs is 1. The van der Waals surface area contributed by atoms with Crippen LogP contribution >= 0.6 is 0 Å². The Bertz CT molecular complexity index is 1110. The number of aromatic amines is 1. The van der Waals surface area contributed by atoms with Crippen molar-refractivity contribution < 1.29 is 4.79 Å². The van der Waals surface area contributed by atoms with E-state index < -0.39 is 0 Å². The van der Waals surface area contributed by atoms with Crippen molar-refractivity contribution in [2.45, 2.75) is 58.5 Å². The summed E-state index contributed by atoms with van der Waals surface area (Å²) in [6.45, 7) is 4.80. The van der Waals surface area contributed by atoms with Gasteiger partial charge < -0.3 is 15.5 Å². The third kappa shape index (κ3) is 6.22. The van der Waals surface area contributed by atoms with Crippen molar-refractivity contribution in [1.29, 1.82) is 0 Å². The SMILES string of the molecule is CCNc1cccc(C(=O)NCc2c(=O)[nH]n3cccnc23)c1C.CN(C)C1CCCCC1. The zero-order valence-corrected chi connectivity index (χ0v) is 20.1. The molecule has 1 fully saturated rings. The number of carbonyl (C=O) groups excluding carboxylic acids is 1. The molecule has 3 aromatic rings. The van der Waals surface area contributed by atoms with Gasteiger partial charge in [-0.2, -0.15) is 0 Å². The maximum atomic E-state index is 12.5. The van der Waals surface area contributed by atoms with Crippen LogP contribution in [0.15, 0.2) is 41.5 Å². The number of hydrogen-bond acceptors (Lipinski definition) is 5. The van der Waals surface area contributed by atoms with Gasteiger partial charge in [0.15, 0.2) is 5.65 Å². The molecule has 0 bridgehead atoms. The van der Waals surface area contributed by atoms with Crippen molar-refractivity contribution in [2.24, 2.45) is 0 Å². The monoisotopic (exact) mass is 452 g/mol. The summed E-state index contributed by atoms with van der Waals surface area (Å²) in [4.78, 5) is 31.0. The molecule has 0 saturated heterocycles. The quantitative estimate of drug-likeness (QED) is 0.532. The van der Waals surface area contributed by atoms with Gasteiger partial charge in [0.2, 0.25) is 0 Å². The van der Waals surface area contributed by atoms with Crippen molar-refractivity contribution in [2.75, 3.05) is 26.0 Å². The Kier molecular flexibility index (Phi) is 8.65. The Hall–Kier alpha value is -3.13. The molecule has 1 aliphatic rings. The Labute approximate surface area is 195 Å². The highest BCUT2D eigenvalue weighted by Crippen LogP contribution is 2.20. The van der Waals surface area contributed by atoms with Gasteiger partial charge in [0, 0.05) is 36.2 Å². The molecule has 8 heteroatoms. The highest BCUT2D eigenvalue weighted by Gasteiger charge is 2.15. The number of aromatic nitrogens is 3. The fraction of sp³-hybridized carbons (Fsp3) is 0.480. The smallest absolute Gasteiger partial charge is 0.271 e. The number of rotatable bonds is 6. The molecule has 0 aliphatic heterocycles. The van der Waals surface area contributed by atoms with Crippen LogP contribution in [0.4, 0.5) is 5.69 Å². The van der Waals surface area contributed by atoms with Crippen molar-refractivity contribution in [1.82, 2.24) is 24.8 Å². The second-order valence-electron chi connectivity index (χ2n) is 8.68. The largest absolute Gasteiger partial charge is 0.385 e. The molecule has 0 atom stereocenters. The Morgan fingerprint density at radius 2 is 1.97 bits per heavy atom. The van der Waals surface area contributed by atoms with Gasteiger partial charge in [0.1, 0.15) is 0 Å². The van der Waals surface area contributed by atoms with E-state index in [1.165, 1.54) is 32.1 Å². The molecule has 0 radical (unpaired) electrons. The standard InChI is InChI=1S/C17H19N5O2.C8H17N/c1-3-18-14-7-4-6-12(11(14)2)16(23)20-10-13-15-19-8-5-9-22(15)21-17(13)24;1-9(2)8-6-4-3-5-7-8/h4-9,18H,3,10H2,1-2H3,(H,20,23)(H,21,24);8H,3-7H2,1-2H3. The number of benzene rings is 1. The number of anilines is 1. The summed E-state index contributed by atoms with van der Waals surface area (Å²) in [5, 5.41) is 8.70. The molecular formula is C25H36N6O2. The van der Waals surface area contributed by atoms with E-state index in [0.717, 1.165) is 23.8 Å². The van der Waals surface area contributed by atoms with Crippen molar-refractivity contribution in [3.05, 3.63) is 63.7 Å². The van der Waals surface area contributed by atoms with Gasteiger partial charge in [-0.15, -0.1) is 0 Å². The summed E-state index contributed by atoms with van der Waals surface area (Å²) in [5.74, 6) is -0.220. The number of carbonyl (C=O) groups is 1. The minimum Gasteiger partial charge on any atom is -0.385 e.